The third-order valence-electron chi connectivity index (χ3n) is 2.89. The molecule has 1 N–H and O–H groups in total. The number of rotatable bonds is 6. The Morgan fingerprint density at radius 2 is 2.24 bits per heavy atom. The fourth-order valence-electron chi connectivity index (χ4n) is 1.84. The van der Waals surface area contributed by atoms with E-state index in [1.54, 1.807) is 16.8 Å². The Bertz CT molecular complexity index is 656. The topological polar surface area (TPSA) is 68.7 Å². The minimum atomic E-state index is -1.11. The van der Waals surface area contributed by atoms with Gasteiger partial charge >= 0.3 is 5.97 Å². The Morgan fingerprint density at radius 1 is 1.48 bits per heavy atom. The first kappa shape index (κ1) is 15.6. The van der Waals surface area contributed by atoms with Gasteiger partial charge in [0.2, 0.25) is 0 Å². The standard InChI is InChI=1S/C14H14ClNO4S/c1-8-12(21-7-16-8)3-4-20-13-10(14(17)18)5-9(15)6-11(13)19-2/h5-7H,3-4H2,1-2H3,(H,17,18). The van der Waals surface area contributed by atoms with Crippen LogP contribution >= 0.6 is 22.9 Å². The van der Waals surface area contributed by atoms with Gasteiger partial charge in [-0.05, 0) is 13.0 Å². The van der Waals surface area contributed by atoms with Gasteiger partial charge in [-0.2, -0.15) is 0 Å². The fraction of sp³-hybridized carbons (Fsp3) is 0.286. The number of nitrogens with zero attached hydrogens (tertiary/aromatic N) is 1. The van der Waals surface area contributed by atoms with Crippen molar-refractivity contribution < 1.29 is 19.4 Å². The second kappa shape index (κ2) is 6.78. The molecule has 0 radical (unpaired) electrons. The van der Waals surface area contributed by atoms with Crippen LogP contribution in [-0.4, -0.2) is 29.8 Å². The smallest absolute Gasteiger partial charge is 0.339 e. The molecule has 0 aliphatic carbocycles. The summed E-state index contributed by atoms with van der Waals surface area (Å²) in [5, 5.41) is 9.52. The van der Waals surface area contributed by atoms with Gasteiger partial charge in [0.15, 0.2) is 11.5 Å². The van der Waals surface area contributed by atoms with Crippen molar-refractivity contribution in [3.63, 3.8) is 0 Å². The van der Waals surface area contributed by atoms with Crippen LogP contribution in [0.4, 0.5) is 0 Å². The highest BCUT2D eigenvalue weighted by atomic mass is 35.5. The Balaban J connectivity index is 2.18. The quantitative estimate of drug-likeness (QED) is 0.880. The molecule has 0 aliphatic rings. The highest BCUT2D eigenvalue weighted by Gasteiger charge is 2.18. The van der Waals surface area contributed by atoms with Crippen molar-refractivity contribution in [1.29, 1.82) is 0 Å². The third-order valence-corrected chi connectivity index (χ3v) is 4.10. The summed E-state index contributed by atoms with van der Waals surface area (Å²) in [4.78, 5) is 16.6. The first-order chi connectivity index (χ1) is 10.0. The zero-order valence-corrected chi connectivity index (χ0v) is 13.1. The van der Waals surface area contributed by atoms with Crippen LogP contribution in [-0.2, 0) is 6.42 Å². The summed E-state index contributed by atoms with van der Waals surface area (Å²) >= 11 is 7.42. The summed E-state index contributed by atoms with van der Waals surface area (Å²) in [6.07, 6.45) is 0.654. The molecule has 2 rings (SSSR count). The molecule has 0 unspecified atom stereocenters. The zero-order chi connectivity index (χ0) is 15.4. The number of benzene rings is 1. The molecule has 1 aromatic carbocycles. The van der Waals surface area contributed by atoms with Crippen LogP contribution in [0.15, 0.2) is 17.6 Å². The first-order valence-corrected chi connectivity index (χ1v) is 7.41. The summed E-state index contributed by atoms with van der Waals surface area (Å²) in [6.45, 7) is 2.26. The molecule has 2 aromatic rings. The van der Waals surface area contributed by atoms with Crippen LogP contribution in [0.1, 0.15) is 20.9 Å². The summed E-state index contributed by atoms with van der Waals surface area (Å²) in [6, 6.07) is 2.88. The van der Waals surface area contributed by atoms with Crippen LogP contribution < -0.4 is 9.47 Å². The van der Waals surface area contributed by atoms with Gasteiger partial charge in [0.25, 0.3) is 0 Å². The van der Waals surface area contributed by atoms with E-state index in [9.17, 15) is 9.90 Å². The van der Waals surface area contributed by atoms with E-state index in [1.165, 1.54) is 19.2 Å². The minimum Gasteiger partial charge on any atom is -0.493 e. The van der Waals surface area contributed by atoms with E-state index in [1.807, 2.05) is 6.92 Å². The lowest BCUT2D eigenvalue weighted by Crippen LogP contribution is -2.08. The SMILES string of the molecule is COc1cc(Cl)cc(C(=O)O)c1OCCc1scnc1C. The van der Waals surface area contributed by atoms with Gasteiger partial charge in [-0.3, -0.25) is 0 Å². The second-order valence-electron chi connectivity index (χ2n) is 4.25. The van der Waals surface area contributed by atoms with E-state index in [0.29, 0.717) is 18.8 Å². The van der Waals surface area contributed by atoms with Gasteiger partial charge in [0, 0.05) is 22.4 Å². The second-order valence-corrected chi connectivity index (χ2v) is 5.63. The van der Waals surface area contributed by atoms with Gasteiger partial charge in [-0.1, -0.05) is 11.6 Å². The number of carboxylic acids is 1. The first-order valence-electron chi connectivity index (χ1n) is 6.15. The highest BCUT2D eigenvalue weighted by Crippen LogP contribution is 2.35. The third kappa shape index (κ3) is 3.65. The van der Waals surface area contributed by atoms with Gasteiger partial charge < -0.3 is 14.6 Å². The molecule has 21 heavy (non-hydrogen) atoms. The average Bonchev–Trinajstić information content (AvgIpc) is 2.85. The van der Waals surface area contributed by atoms with Crippen LogP contribution in [0.5, 0.6) is 11.5 Å². The van der Waals surface area contributed by atoms with Crippen molar-refractivity contribution in [1.82, 2.24) is 4.98 Å². The van der Waals surface area contributed by atoms with Crippen molar-refractivity contribution in [2.24, 2.45) is 0 Å². The number of hydrogen-bond donors (Lipinski definition) is 1. The molecule has 0 bridgehead atoms. The lowest BCUT2D eigenvalue weighted by atomic mass is 10.2. The molecule has 7 heteroatoms. The predicted octanol–water partition coefficient (Wildman–Crippen LogP) is 3.43. The summed E-state index contributed by atoms with van der Waals surface area (Å²) < 4.78 is 10.8. The van der Waals surface area contributed by atoms with Crippen molar-refractivity contribution in [3.05, 3.63) is 38.8 Å². The molecule has 1 aromatic heterocycles. The van der Waals surface area contributed by atoms with E-state index in [0.717, 1.165) is 10.6 Å². The Hall–Kier alpha value is -1.79. The van der Waals surface area contributed by atoms with Crippen molar-refractivity contribution in [2.45, 2.75) is 13.3 Å². The van der Waals surface area contributed by atoms with Crippen molar-refractivity contribution in [3.8, 4) is 11.5 Å². The lowest BCUT2D eigenvalue weighted by molar-refractivity contribution is 0.0691. The van der Waals surface area contributed by atoms with Gasteiger partial charge in [-0.25, -0.2) is 9.78 Å². The number of hydrogen-bond acceptors (Lipinski definition) is 5. The monoisotopic (exact) mass is 327 g/mol. The maximum absolute atomic E-state index is 11.3. The van der Waals surface area contributed by atoms with Crippen molar-refractivity contribution >= 4 is 28.9 Å². The maximum atomic E-state index is 11.3. The van der Waals surface area contributed by atoms with Crippen LogP contribution in [0.3, 0.4) is 0 Å². The number of thiazole rings is 1. The van der Waals surface area contributed by atoms with E-state index in [-0.39, 0.29) is 16.3 Å². The Labute approximate surface area is 131 Å². The summed E-state index contributed by atoms with van der Waals surface area (Å²) in [7, 11) is 1.44. The molecule has 0 saturated carbocycles. The molecule has 112 valence electrons. The molecule has 0 aliphatic heterocycles. The molecular weight excluding hydrogens is 314 g/mol. The van der Waals surface area contributed by atoms with Gasteiger partial charge in [0.05, 0.1) is 24.9 Å². The molecule has 0 saturated heterocycles. The number of ether oxygens (including phenoxy) is 2. The molecule has 0 atom stereocenters. The number of carbonyl (C=O) groups is 1. The van der Waals surface area contributed by atoms with Gasteiger partial charge in [0.1, 0.15) is 5.56 Å². The average molecular weight is 328 g/mol. The van der Waals surface area contributed by atoms with Gasteiger partial charge in [-0.15, -0.1) is 11.3 Å². The lowest BCUT2D eigenvalue weighted by Gasteiger charge is -2.13. The minimum absolute atomic E-state index is 0.0135. The number of halogens is 1. The highest BCUT2D eigenvalue weighted by molar-refractivity contribution is 7.09. The molecule has 1 heterocycles. The predicted molar refractivity (Wildman–Crippen MR) is 81.0 cm³/mol. The molecule has 0 amide bonds. The molecular formula is C14H14ClNO4S. The number of aromatic carboxylic acids is 1. The molecule has 5 nitrogen and oxygen atoms in total. The Morgan fingerprint density at radius 3 is 2.81 bits per heavy atom. The number of aryl methyl sites for hydroxylation is 1. The van der Waals surface area contributed by atoms with E-state index in [2.05, 4.69) is 4.98 Å². The zero-order valence-electron chi connectivity index (χ0n) is 11.6. The maximum Gasteiger partial charge on any atom is 0.339 e. The number of methoxy groups -OCH3 is 1. The normalized spacial score (nSPS) is 10.4. The van der Waals surface area contributed by atoms with E-state index < -0.39 is 5.97 Å². The van der Waals surface area contributed by atoms with Crippen LogP contribution in [0, 0.1) is 6.92 Å². The largest absolute Gasteiger partial charge is 0.493 e. The number of aromatic nitrogens is 1. The Kier molecular flexibility index (Phi) is 5.03. The van der Waals surface area contributed by atoms with Crippen molar-refractivity contribution in [2.75, 3.05) is 13.7 Å². The summed E-state index contributed by atoms with van der Waals surface area (Å²) in [5.74, 6) is -0.614. The van der Waals surface area contributed by atoms with E-state index >= 15 is 0 Å². The summed E-state index contributed by atoms with van der Waals surface area (Å²) in [5.41, 5.74) is 2.72. The fourth-order valence-corrected chi connectivity index (χ4v) is 2.81. The van der Waals surface area contributed by atoms with Crippen LogP contribution in [0.2, 0.25) is 5.02 Å². The molecule has 0 spiro atoms. The van der Waals surface area contributed by atoms with E-state index in [4.69, 9.17) is 21.1 Å². The molecule has 0 fully saturated rings. The number of carboxylic acid groups (broad SMARTS) is 1. The van der Waals surface area contributed by atoms with Crippen LogP contribution in [0.25, 0.3) is 0 Å².